The van der Waals surface area contributed by atoms with Crippen LogP contribution < -0.4 is 15.0 Å². The maximum atomic E-state index is 12.5. The van der Waals surface area contributed by atoms with Gasteiger partial charge in [0.2, 0.25) is 0 Å². The van der Waals surface area contributed by atoms with Crippen LogP contribution in [0, 0.1) is 6.92 Å². The van der Waals surface area contributed by atoms with E-state index in [9.17, 15) is 9.59 Å². The van der Waals surface area contributed by atoms with Crippen molar-refractivity contribution in [2.45, 2.75) is 26.4 Å². The van der Waals surface area contributed by atoms with Crippen LogP contribution in [0.3, 0.4) is 0 Å². The first-order valence-corrected chi connectivity index (χ1v) is 6.78. The standard InChI is InChI=1S/C15H20N2O4/c1-10-5-6-12-11(9-10)17(8-7-16-14(19)20-4)13(18)15(2,3)21-12/h5-6,9H,7-8H2,1-4H3,(H,16,19). The predicted molar refractivity (Wildman–Crippen MR) is 78.6 cm³/mol. The molecule has 6 nitrogen and oxygen atoms in total. The summed E-state index contributed by atoms with van der Waals surface area (Å²) in [6.45, 7) is 6.09. The van der Waals surface area contributed by atoms with Crippen molar-refractivity contribution < 1.29 is 19.1 Å². The number of benzene rings is 1. The molecule has 6 heteroatoms. The maximum absolute atomic E-state index is 12.5. The summed E-state index contributed by atoms with van der Waals surface area (Å²) in [6.07, 6.45) is -0.514. The van der Waals surface area contributed by atoms with Crippen molar-refractivity contribution in [3.63, 3.8) is 0 Å². The summed E-state index contributed by atoms with van der Waals surface area (Å²) in [6, 6.07) is 5.70. The number of rotatable bonds is 3. The molecule has 0 bridgehead atoms. The molecular formula is C15H20N2O4. The highest BCUT2D eigenvalue weighted by Crippen LogP contribution is 2.38. The molecule has 0 unspecified atom stereocenters. The van der Waals surface area contributed by atoms with Crippen molar-refractivity contribution in [2.24, 2.45) is 0 Å². The zero-order valence-electron chi connectivity index (χ0n) is 12.7. The van der Waals surface area contributed by atoms with E-state index in [-0.39, 0.29) is 5.91 Å². The Labute approximate surface area is 124 Å². The summed E-state index contributed by atoms with van der Waals surface area (Å²) >= 11 is 0. The molecule has 0 aromatic heterocycles. The molecular weight excluding hydrogens is 272 g/mol. The number of carbonyl (C=O) groups excluding carboxylic acids is 2. The van der Waals surface area contributed by atoms with Gasteiger partial charge in [0.25, 0.3) is 5.91 Å². The molecule has 0 saturated heterocycles. The van der Waals surface area contributed by atoms with Crippen molar-refractivity contribution in [3.05, 3.63) is 23.8 Å². The van der Waals surface area contributed by atoms with Crippen LogP contribution >= 0.6 is 0 Å². The highest BCUT2D eigenvalue weighted by Gasteiger charge is 2.40. The van der Waals surface area contributed by atoms with Crippen LogP contribution in [0.25, 0.3) is 0 Å². The minimum atomic E-state index is -0.923. The van der Waals surface area contributed by atoms with Crippen molar-refractivity contribution >= 4 is 17.7 Å². The van der Waals surface area contributed by atoms with E-state index < -0.39 is 11.7 Å². The Kier molecular flexibility index (Phi) is 4.06. The molecule has 0 atom stereocenters. The second-order valence-corrected chi connectivity index (χ2v) is 5.46. The van der Waals surface area contributed by atoms with Crippen LogP contribution in [0.1, 0.15) is 19.4 Å². The van der Waals surface area contributed by atoms with E-state index in [0.29, 0.717) is 18.8 Å². The van der Waals surface area contributed by atoms with Gasteiger partial charge in [0.1, 0.15) is 5.75 Å². The number of ether oxygens (including phenoxy) is 2. The highest BCUT2D eigenvalue weighted by atomic mass is 16.5. The zero-order valence-corrected chi connectivity index (χ0v) is 12.7. The first-order chi connectivity index (χ1) is 9.85. The average molecular weight is 292 g/mol. The SMILES string of the molecule is COC(=O)NCCN1C(=O)C(C)(C)Oc2ccc(C)cc21. The van der Waals surface area contributed by atoms with E-state index in [1.165, 1.54) is 7.11 Å². The molecule has 1 aromatic carbocycles. The van der Waals surface area contributed by atoms with Gasteiger partial charge in [-0.15, -0.1) is 0 Å². The van der Waals surface area contributed by atoms with Crippen molar-refractivity contribution in [2.75, 3.05) is 25.1 Å². The van der Waals surface area contributed by atoms with E-state index in [1.54, 1.807) is 18.7 Å². The Hall–Kier alpha value is -2.24. The second kappa shape index (κ2) is 5.63. The van der Waals surface area contributed by atoms with Gasteiger partial charge in [-0.2, -0.15) is 0 Å². The van der Waals surface area contributed by atoms with Gasteiger partial charge in [0, 0.05) is 13.1 Å². The summed E-state index contributed by atoms with van der Waals surface area (Å²) < 4.78 is 10.3. The van der Waals surface area contributed by atoms with Crippen LogP contribution in [0.2, 0.25) is 0 Å². The number of alkyl carbamates (subject to hydrolysis) is 1. The number of hydrogen-bond acceptors (Lipinski definition) is 4. The largest absolute Gasteiger partial charge is 0.476 e. The lowest BCUT2D eigenvalue weighted by atomic mass is 10.0. The number of anilines is 1. The molecule has 1 aliphatic rings. The lowest BCUT2D eigenvalue weighted by molar-refractivity contribution is -0.132. The number of aryl methyl sites for hydroxylation is 1. The predicted octanol–water partition coefficient (Wildman–Crippen LogP) is 1.86. The monoisotopic (exact) mass is 292 g/mol. The Balaban J connectivity index is 2.23. The van der Waals surface area contributed by atoms with Gasteiger partial charge in [-0.05, 0) is 38.5 Å². The summed E-state index contributed by atoms with van der Waals surface area (Å²) in [5.74, 6) is 0.538. The molecule has 0 radical (unpaired) electrons. The summed E-state index contributed by atoms with van der Waals surface area (Å²) in [5.41, 5.74) is 0.842. The Morgan fingerprint density at radius 2 is 2.14 bits per heavy atom. The Morgan fingerprint density at radius 3 is 2.81 bits per heavy atom. The van der Waals surface area contributed by atoms with Gasteiger partial charge in [0.05, 0.1) is 12.8 Å². The van der Waals surface area contributed by atoms with Gasteiger partial charge < -0.3 is 19.7 Å². The number of hydrogen-bond donors (Lipinski definition) is 1. The van der Waals surface area contributed by atoms with E-state index >= 15 is 0 Å². The third kappa shape index (κ3) is 3.09. The quantitative estimate of drug-likeness (QED) is 0.923. The number of amides is 2. The van der Waals surface area contributed by atoms with Crippen LogP contribution in [0.4, 0.5) is 10.5 Å². The molecule has 2 amide bonds. The van der Waals surface area contributed by atoms with Gasteiger partial charge >= 0.3 is 6.09 Å². The minimum absolute atomic E-state index is 0.132. The number of nitrogens with one attached hydrogen (secondary N) is 1. The van der Waals surface area contributed by atoms with Crippen molar-refractivity contribution in [1.29, 1.82) is 0 Å². The fourth-order valence-electron chi connectivity index (χ4n) is 2.24. The third-order valence-corrected chi connectivity index (χ3v) is 3.32. The lowest BCUT2D eigenvalue weighted by Crippen LogP contribution is -2.54. The molecule has 0 fully saturated rings. The van der Waals surface area contributed by atoms with Gasteiger partial charge in [-0.1, -0.05) is 6.07 Å². The van der Waals surface area contributed by atoms with Crippen molar-refractivity contribution in [3.8, 4) is 5.75 Å². The molecule has 2 rings (SSSR count). The molecule has 1 aromatic rings. The molecule has 1 N–H and O–H groups in total. The molecule has 0 spiro atoms. The first kappa shape index (κ1) is 15.2. The van der Waals surface area contributed by atoms with E-state index in [0.717, 1.165) is 11.3 Å². The molecule has 0 saturated carbocycles. The van der Waals surface area contributed by atoms with E-state index in [4.69, 9.17) is 4.74 Å². The second-order valence-electron chi connectivity index (χ2n) is 5.46. The zero-order chi connectivity index (χ0) is 15.6. The smallest absolute Gasteiger partial charge is 0.406 e. The molecule has 1 heterocycles. The third-order valence-electron chi connectivity index (χ3n) is 3.32. The summed E-state index contributed by atoms with van der Waals surface area (Å²) in [4.78, 5) is 25.3. The Bertz CT molecular complexity index is 569. The number of nitrogens with zero attached hydrogens (tertiary/aromatic N) is 1. The van der Waals surface area contributed by atoms with Crippen LogP contribution in [-0.2, 0) is 9.53 Å². The first-order valence-electron chi connectivity index (χ1n) is 6.78. The molecule has 114 valence electrons. The fraction of sp³-hybridized carbons (Fsp3) is 0.467. The normalized spacial score (nSPS) is 16.0. The molecule has 1 aliphatic heterocycles. The maximum Gasteiger partial charge on any atom is 0.406 e. The molecule has 0 aliphatic carbocycles. The van der Waals surface area contributed by atoms with Crippen LogP contribution in [-0.4, -0.2) is 37.8 Å². The lowest BCUT2D eigenvalue weighted by Gasteiger charge is -2.39. The van der Waals surface area contributed by atoms with Gasteiger partial charge in [-0.3, -0.25) is 4.79 Å². The number of methoxy groups -OCH3 is 1. The van der Waals surface area contributed by atoms with E-state index in [2.05, 4.69) is 10.1 Å². The highest BCUT2D eigenvalue weighted by molar-refractivity contribution is 6.02. The fourth-order valence-corrected chi connectivity index (χ4v) is 2.24. The Morgan fingerprint density at radius 1 is 1.43 bits per heavy atom. The minimum Gasteiger partial charge on any atom is -0.476 e. The van der Waals surface area contributed by atoms with Crippen LogP contribution in [0.5, 0.6) is 5.75 Å². The van der Waals surface area contributed by atoms with Gasteiger partial charge in [-0.25, -0.2) is 4.79 Å². The molecule has 21 heavy (non-hydrogen) atoms. The number of fused-ring (bicyclic) bond motifs is 1. The van der Waals surface area contributed by atoms with E-state index in [1.807, 2.05) is 25.1 Å². The average Bonchev–Trinajstić information content (AvgIpc) is 2.43. The topological polar surface area (TPSA) is 67.9 Å². The van der Waals surface area contributed by atoms with Crippen LogP contribution in [0.15, 0.2) is 18.2 Å². The number of carbonyl (C=O) groups is 2. The summed E-state index contributed by atoms with van der Waals surface area (Å²) in [7, 11) is 1.30. The van der Waals surface area contributed by atoms with Gasteiger partial charge in [0.15, 0.2) is 5.60 Å². The van der Waals surface area contributed by atoms with Crippen molar-refractivity contribution in [1.82, 2.24) is 5.32 Å². The summed E-state index contributed by atoms with van der Waals surface area (Å²) in [5, 5.41) is 2.58.